The molecule has 32 heavy (non-hydrogen) atoms. The van der Waals surface area contributed by atoms with E-state index in [1.54, 1.807) is 0 Å². The zero-order valence-electron chi connectivity index (χ0n) is 18.4. The van der Waals surface area contributed by atoms with Crippen molar-refractivity contribution in [2.45, 2.75) is 37.9 Å². The van der Waals surface area contributed by atoms with Crippen LogP contribution < -0.4 is 9.47 Å². The largest absolute Gasteiger partial charge is 0.494 e. The molecule has 2 fully saturated rings. The number of hydrogen-bond acceptors (Lipinski definition) is 4. The lowest BCUT2D eigenvalue weighted by Gasteiger charge is -2.12. The minimum absolute atomic E-state index is 0.473. The van der Waals surface area contributed by atoms with Gasteiger partial charge in [-0.15, -0.1) is 0 Å². The van der Waals surface area contributed by atoms with Gasteiger partial charge in [0.2, 0.25) is 0 Å². The highest BCUT2D eigenvalue weighted by Crippen LogP contribution is 2.33. The second kappa shape index (κ2) is 10.2. The Kier molecular flexibility index (Phi) is 6.71. The highest BCUT2D eigenvalue weighted by atomic mass is 16.6. The molecule has 2 aliphatic heterocycles. The summed E-state index contributed by atoms with van der Waals surface area (Å²) in [6.45, 7) is 3.30. The van der Waals surface area contributed by atoms with Crippen molar-refractivity contribution in [2.24, 2.45) is 0 Å². The van der Waals surface area contributed by atoms with Crippen LogP contribution in [0.25, 0.3) is 22.3 Å². The Labute approximate surface area is 190 Å². The van der Waals surface area contributed by atoms with Gasteiger partial charge in [-0.25, -0.2) is 0 Å². The summed E-state index contributed by atoms with van der Waals surface area (Å²) in [5, 5.41) is 0. The SMILES string of the molecule is c1ccc(-c2ccc(OCCCC3CO3)cc2)c(-c2ccc(OCCCC3CO3)cc2)c1. The van der Waals surface area contributed by atoms with E-state index in [2.05, 4.69) is 72.8 Å². The molecule has 2 atom stereocenters. The Hall–Kier alpha value is -2.82. The predicted molar refractivity (Wildman–Crippen MR) is 126 cm³/mol. The Balaban J connectivity index is 1.21. The molecule has 0 bridgehead atoms. The Morgan fingerprint density at radius 2 is 1.00 bits per heavy atom. The van der Waals surface area contributed by atoms with E-state index < -0.39 is 0 Å². The number of rotatable bonds is 12. The second-order valence-corrected chi connectivity index (χ2v) is 8.49. The molecule has 0 aliphatic carbocycles. The molecule has 0 N–H and O–H groups in total. The van der Waals surface area contributed by atoms with Gasteiger partial charge in [0, 0.05) is 0 Å². The van der Waals surface area contributed by atoms with Gasteiger partial charge < -0.3 is 18.9 Å². The zero-order chi connectivity index (χ0) is 21.6. The summed E-state index contributed by atoms with van der Waals surface area (Å²) in [6.07, 6.45) is 5.18. The fourth-order valence-corrected chi connectivity index (χ4v) is 3.92. The fourth-order valence-electron chi connectivity index (χ4n) is 3.92. The molecule has 2 saturated heterocycles. The maximum atomic E-state index is 5.88. The topological polar surface area (TPSA) is 43.5 Å². The fraction of sp³-hybridized carbons (Fsp3) is 0.357. The molecule has 0 spiro atoms. The van der Waals surface area contributed by atoms with Crippen molar-refractivity contribution in [3.05, 3.63) is 72.8 Å². The molecule has 0 radical (unpaired) electrons. The van der Waals surface area contributed by atoms with E-state index in [9.17, 15) is 0 Å². The number of epoxide rings is 2. The first-order chi connectivity index (χ1) is 15.8. The van der Waals surface area contributed by atoms with Gasteiger partial charge in [-0.3, -0.25) is 0 Å². The van der Waals surface area contributed by atoms with Crippen molar-refractivity contribution in [2.75, 3.05) is 26.4 Å². The molecular formula is C28H30O4. The van der Waals surface area contributed by atoms with Crippen LogP contribution in [-0.2, 0) is 9.47 Å². The van der Waals surface area contributed by atoms with E-state index in [0.717, 1.165) is 63.6 Å². The van der Waals surface area contributed by atoms with Crippen molar-refractivity contribution >= 4 is 0 Å². The van der Waals surface area contributed by atoms with Crippen molar-refractivity contribution in [3.63, 3.8) is 0 Å². The molecule has 2 unspecified atom stereocenters. The third-order valence-electron chi connectivity index (χ3n) is 5.94. The van der Waals surface area contributed by atoms with E-state index >= 15 is 0 Å². The molecule has 0 saturated carbocycles. The minimum atomic E-state index is 0.473. The quantitative estimate of drug-likeness (QED) is 0.256. The number of benzene rings is 3. The van der Waals surface area contributed by atoms with E-state index in [1.165, 1.54) is 22.3 Å². The smallest absolute Gasteiger partial charge is 0.119 e. The molecule has 0 aromatic heterocycles. The van der Waals surface area contributed by atoms with Crippen LogP contribution in [0.1, 0.15) is 25.7 Å². The number of hydrogen-bond donors (Lipinski definition) is 0. The Bertz CT molecular complexity index is 906. The maximum Gasteiger partial charge on any atom is 0.119 e. The van der Waals surface area contributed by atoms with Crippen molar-refractivity contribution in [3.8, 4) is 33.8 Å². The van der Waals surface area contributed by atoms with Gasteiger partial charge in [0.1, 0.15) is 11.5 Å². The van der Waals surface area contributed by atoms with Crippen molar-refractivity contribution in [1.29, 1.82) is 0 Å². The molecule has 4 heteroatoms. The molecule has 4 nitrogen and oxygen atoms in total. The second-order valence-electron chi connectivity index (χ2n) is 8.49. The van der Waals surface area contributed by atoms with Crippen LogP contribution in [0, 0.1) is 0 Å². The van der Waals surface area contributed by atoms with Crippen LogP contribution in [0.3, 0.4) is 0 Å². The summed E-state index contributed by atoms with van der Waals surface area (Å²) in [5.41, 5.74) is 4.79. The first-order valence-electron chi connectivity index (χ1n) is 11.6. The lowest BCUT2D eigenvalue weighted by atomic mass is 9.94. The standard InChI is InChI=1S/C28H30O4/c1-2-8-28(22-11-15-24(16-12-22)30-18-4-6-26-20-32-26)27(7-1)21-9-13-23(14-10-21)29-17-3-5-25-19-31-25/h1-2,7-16,25-26H,3-6,17-20H2. The first kappa shape index (κ1) is 21.0. The van der Waals surface area contributed by atoms with Crippen LogP contribution in [0.4, 0.5) is 0 Å². The summed E-state index contributed by atoms with van der Waals surface area (Å²) in [6, 6.07) is 25.3. The van der Waals surface area contributed by atoms with E-state index in [1.807, 2.05) is 0 Å². The summed E-state index contributed by atoms with van der Waals surface area (Å²) < 4.78 is 22.3. The molecule has 3 aromatic carbocycles. The summed E-state index contributed by atoms with van der Waals surface area (Å²) >= 11 is 0. The Morgan fingerprint density at radius 1 is 0.594 bits per heavy atom. The summed E-state index contributed by atoms with van der Waals surface area (Å²) in [4.78, 5) is 0. The monoisotopic (exact) mass is 430 g/mol. The van der Waals surface area contributed by atoms with E-state index in [0.29, 0.717) is 12.2 Å². The van der Waals surface area contributed by atoms with E-state index in [4.69, 9.17) is 18.9 Å². The van der Waals surface area contributed by atoms with Gasteiger partial charge in [0.05, 0.1) is 38.6 Å². The molecular weight excluding hydrogens is 400 g/mol. The highest BCUT2D eigenvalue weighted by molar-refractivity contribution is 5.83. The highest BCUT2D eigenvalue weighted by Gasteiger charge is 2.21. The predicted octanol–water partition coefficient (Wildman–Crippen LogP) is 6.14. The van der Waals surface area contributed by atoms with Gasteiger partial charge in [0.25, 0.3) is 0 Å². The van der Waals surface area contributed by atoms with Crippen molar-refractivity contribution in [1.82, 2.24) is 0 Å². The molecule has 0 amide bonds. The van der Waals surface area contributed by atoms with Gasteiger partial charge in [0.15, 0.2) is 0 Å². The zero-order valence-corrected chi connectivity index (χ0v) is 18.4. The lowest BCUT2D eigenvalue weighted by molar-refractivity contribution is 0.293. The van der Waals surface area contributed by atoms with Gasteiger partial charge in [-0.05, 0) is 72.2 Å². The summed E-state index contributed by atoms with van der Waals surface area (Å²) in [7, 11) is 0. The molecule has 3 aromatic rings. The van der Waals surface area contributed by atoms with Crippen LogP contribution in [0.2, 0.25) is 0 Å². The minimum Gasteiger partial charge on any atom is -0.494 e. The maximum absolute atomic E-state index is 5.88. The Morgan fingerprint density at radius 3 is 1.38 bits per heavy atom. The third-order valence-corrected chi connectivity index (χ3v) is 5.94. The lowest BCUT2D eigenvalue weighted by Crippen LogP contribution is -1.99. The third kappa shape index (κ3) is 5.90. The average molecular weight is 431 g/mol. The van der Waals surface area contributed by atoms with E-state index in [-0.39, 0.29) is 0 Å². The van der Waals surface area contributed by atoms with Gasteiger partial charge >= 0.3 is 0 Å². The first-order valence-corrected chi connectivity index (χ1v) is 11.6. The van der Waals surface area contributed by atoms with Crippen LogP contribution in [0.15, 0.2) is 72.8 Å². The molecule has 2 aliphatic rings. The summed E-state index contributed by atoms with van der Waals surface area (Å²) in [5.74, 6) is 1.83. The number of ether oxygens (including phenoxy) is 4. The average Bonchev–Trinajstić information content (AvgIpc) is 3.76. The normalized spacial score (nSPS) is 18.9. The van der Waals surface area contributed by atoms with Crippen LogP contribution in [-0.4, -0.2) is 38.6 Å². The molecule has 2 heterocycles. The van der Waals surface area contributed by atoms with Crippen LogP contribution >= 0.6 is 0 Å². The molecule has 5 rings (SSSR count). The molecule has 166 valence electrons. The van der Waals surface area contributed by atoms with Crippen LogP contribution in [0.5, 0.6) is 11.5 Å². The van der Waals surface area contributed by atoms with Crippen molar-refractivity contribution < 1.29 is 18.9 Å². The van der Waals surface area contributed by atoms with Gasteiger partial charge in [-0.1, -0.05) is 48.5 Å². The van der Waals surface area contributed by atoms with Gasteiger partial charge in [-0.2, -0.15) is 0 Å².